The third-order valence-corrected chi connectivity index (χ3v) is 3.14. The second-order valence-corrected chi connectivity index (χ2v) is 4.13. The Labute approximate surface area is 87.8 Å². The van der Waals surface area contributed by atoms with Gasteiger partial charge in [-0.15, -0.1) is 12.6 Å². The van der Waals surface area contributed by atoms with Crippen molar-refractivity contribution >= 4 is 44.5 Å². The standard InChI is InChI=1S/C7H6Br2OS/c1-10-5-2-4(8)3-6(11)7(5)9/h2-3,11H,1H3. The molecule has 0 N–H and O–H groups in total. The normalized spacial score (nSPS) is 9.82. The molecule has 0 aliphatic rings. The van der Waals surface area contributed by atoms with Crippen molar-refractivity contribution in [2.24, 2.45) is 0 Å². The van der Waals surface area contributed by atoms with Crippen LogP contribution >= 0.6 is 44.5 Å². The van der Waals surface area contributed by atoms with Crippen molar-refractivity contribution in [3.8, 4) is 5.75 Å². The fourth-order valence-electron chi connectivity index (χ4n) is 0.699. The third-order valence-electron chi connectivity index (χ3n) is 1.20. The predicted octanol–water partition coefficient (Wildman–Crippen LogP) is 3.51. The summed E-state index contributed by atoms with van der Waals surface area (Å²) in [5.41, 5.74) is 0. The first-order valence-corrected chi connectivity index (χ1v) is 4.90. The molecule has 0 heterocycles. The van der Waals surface area contributed by atoms with Gasteiger partial charge in [0.2, 0.25) is 0 Å². The van der Waals surface area contributed by atoms with Crippen LogP contribution in [0.2, 0.25) is 0 Å². The second kappa shape index (κ2) is 3.83. The molecule has 0 aliphatic heterocycles. The molecular formula is C7H6Br2OS. The Balaban J connectivity index is 3.24. The molecule has 0 aliphatic carbocycles. The van der Waals surface area contributed by atoms with Gasteiger partial charge in [-0.1, -0.05) is 15.9 Å². The molecule has 0 aromatic heterocycles. The molecule has 1 nitrogen and oxygen atoms in total. The monoisotopic (exact) mass is 296 g/mol. The number of hydrogen-bond acceptors (Lipinski definition) is 2. The molecule has 0 saturated carbocycles. The van der Waals surface area contributed by atoms with Gasteiger partial charge in [0.15, 0.2) is 0 Å². The zero-order valence-corrected chi connectivity index (χ0v) is 9.83. The maximum atomic E-state index is 5.08. The first-order chi connectivity index (χ1) is 5.15. The number of rotatable bonds is 1. The first kappa shape index (κ1) is 9.42. The SMILES string of the molecule is COc1cc(Br)cc(S)c1Br. The predicted molar refractivity (Wildman–Crippen MR) is 55.6 cm³/mol. The van der Waals surface area contributed by atoms with E-state index in [2.05, 4.69) is 44.5 Å². The molecule has 1 aromatic rings. The highest BCUT2D eigenvalue weighted by atomic mass is 79.9. The van der Waals surface area contributed by atoms with Gasteiger partial charge in [-0.25, -0.2) is 0 Å². The largest absolute Gasteiger partial charge is 0.495 e. The fraction of sp³-hybridized carbons (Fsp3) is 0.143. The molecule has 60 valence electrons. The van der Waals surface area contributed by atoms with Crippen LogP contribution in [0.1, 0.15) is 0 Å². The number of thiol groups is 1. The van der Waals surface area contributed by atoms with Crippen LogP contribution in [0.25, 0.3) is 0 Å². The van der Waals surface area contributed by atoms with E-state index in [1.807, 2.05) is 12.1 Å². The highest BCUT2D eigenvalue weighted by Crippen LogP contribution is 2.34. The molecule has 0 spiro atoms. The smallest absolute Gasteiger partial charge is 0.135 e. The van der Waals surface area contributed by atoms with Gasteiger partial charge in [0.25, 0.3) is 0 Å². The van der Waals surface area contributed by atoms with E-state index in [1.54, 1.807) is 7.11 Å². The molecule has 0 atom stereocenters. The van der Waals surface area contributed by atoms with Crippen molar-refractivity contribution in [3.63, 3.8) is 0 Å². The molecule has 0 fully saturated rings. The lowest BCUT2D eigenvalue weighted by Gasteiger charge is -2.05. The minimum Gasteiger partial charge on any atom is -0.495 e. The summed E-state index contributed by atoms with van der Waals surface area (Å²) in [4.78, 5) is 0.858. The number of methoxy groups -OCH3 is 1. The molecule has 0 amide bonds. The Morgan fingerprint density at radius 2 is 2.00 bits per heavy atom. The molecule has 0 bridgehead atoms. The zero-order chi connectivity index (χ0) is 8.43. The van der Waals surface area contributed by atoms with Crippen LogP contribution in [0.15, 0.2) is 26.0 Å². The maximum absolute atomic E-state index is 5.08. The van der Waals surface area contributed by atoms with Gasteiger partial charge in [-0.05, 0) is 28.1 Å². The lowest BCUT2D eigenvalue weighted by atomic mass is 10.3. The Morgan fingerprint density at radius 1 is 1.36 bits per heavy atom. The summed E-state index contributed by atoms with van der Waals surface area (Å²) < 4.78 is 6.92. The van der Waals surface area contributed by atoms with E-state index in [1.165, 1.54) is 0 Å². The molecule has 0 unspecified atom stereocenters. The van der Waals surface area contributed by atoms with Crippen LogP contribution in [0.5, 0.6) is 5.75 Å². The molecule has 4 heteroatoms. The van der Waals surface area contributed by atoms with Crippen molar-refractivity contribution in [2.75, 3.05) is 7.11 Å². The third kappa shape index (κ3) is 2.13. The van der Waals surface area contributed by atoms with Crippen molar-refractivity contribution < 1.29 is 4.74 Å². The Hall–Kier alpha value is 0.330. The highest BCUT2D eigenvalue weighted by Gasteiger charge is 2.04. The topological polar surface area (TPSA) is 9.23 Å². The van der Waals surface area contributed by atoms with Crippen LogP contribution in [0, 0.1) is 0 Å². The minimum atomic E-state index is 0.782. The molecule has 0 radical (unpaired) electrons. The van der Waals surface area contributed by atoms with E-state index >= 15 is 0 Å². The average Bonchev–Trinajstić information content (AvgIpc) is 1.96. The Kier molecular flexibility index (Phi) is 3.28. The summed E-state index contributed by atoms with van der Waals surface area (Å²) in [5.74, 6) is 0.782. The van der Waals surface area contributed by atoms with E-state index in [0.29, 0.717) is 0 Å². The van der Waals surface area contributed by atoms with Gasteiger partial charge in [-0.3, -0.25) is 0 Å². The quantitative estimate of drug-likeness (QED) is 0.781. The van der Waals surface area contributed by atoms with Crippen molar-refractivity contribution in [2.45, 2.75) is 4.90 Å². The fourth-order valence-corrected chi connectivity index (χ4v) is 1.95. The van der Waals surface area contributed by atoms with E-state index in [0.717, 1.165) is 19.6 Å². The van der Waals surface area contributed by atoms with E-state index in [-0.39, 0.29) is 0 Å². The maximum Gasteiger partial charge on any atom is 0.135 e. The van der Waals surface area contributed by atoms with E-state index in [9.17, 15) is 0 Å². The Morgan fingerprint density at radius 3 is 2.55 bits per heavy atom. The molecule has 0 saturated heterocycles. The van der Waals surface area contributed by atoms with Gasteiger partial charge in [0.1, 0.15) is 5.75 Å². The summed E-state index contributed by atoms with van der Waals surface area (Å²) in [7, 11) is 1.62. The average molecular weight is 298 g/mol. The highest BCUT2D eigenvalue weighted by molar-refractivity contribution is 9.11. The molecule has 1 rings (SSSR count). The summed E-state index contributed by atoms with van der Waals surface area (Å²) in [6, 6.07) is 3.78. The van der Waals surface area contributed by atoms with Crippen LogP contribution in [0.4, 0.5) is 0 Å². The van der Waals surface area contributed by atoms with E-state index < -0.39 is 0 Å². The summed E-state index contributed by atoms with van der Waals surface area (Å²) in [6.45, 7) is 0. The van der Waals surface area contributed by atoms with Gasteiger partial charge in [-0.2, -0.15) is 0 Å². The summed E-state index contributed by atoms with van der Waals surface area (Å²) in [6.07, 6.45) is 0. The lowest BCUT2D eigenvalue weighted by Crippen LogP contribution is -1.84. The summed E-state index contributed by atoms with van der Waals surface area (Å²) in [5, 5.41) is 0. The number of halogens is 2. The minimum absolute atomic E-state index is 0.782. The summed E-state index contributed by atoms with van der Waals surface area (Å²) >= 11 is 10.9. The van der Waals surface area contributed by atoms with Gasteiger partial charge < -0.3 is 4.74 Å². The van der Waals surface area contributed by atoms with Crippen molar-refractivity contribution in [1.82, 2.24) is 0 Å². The number of ether oxygens (including phenoxy) is 1. The molecule has 11 heavy (non-hydrogen) atoms. The van der Waals surface area contributed by atoms with Crippen LogP contribution in [0.3, 0.4) is 0 Å². The number of hydrogen-bond donors (Lipinski definition) is 1. The van der Waals surface area contributed by atoms with Crippen molar-refractivity contribution in [1.29, 1.82) is 0 Å². The van der Waals surface area contributed by atoms with Gasteiger partial charge in [0.05, 0.1) is 11.6 Å². The van der Waals surface area contributed by atoms with Crippen molar-refractivity contribution in [3.05, 3.63) is 21.1 Å². The van der Waals surface area contributed by atoms with E-state index in [4.69, 9.17) is 4.74 Å². The lowest BCUT2D eigenvalue weighted by molar-refractivity contribution is 0.410. The van der Waals surface area contributed by atoms with Gasteiger partial charge in [0, 0.05) is 9.37 Å². The second-order valence-electron chi connectivity index (χ2n) is 1.94. The van der Waals surface area contributed by atoms with Gasteiger partial charge >= 0.3 is 0 Å². The number of benzene rings is 1. The van der Waals surface area contributed by atoms with Crippen LogP contribution < -0.4 is 4.74 Å². The van der Waals surface area contributed by atoms with Crippen LogP contribution in [-0.4, -0.2) is 7.11 Å². The molecule has 1 aromatic carbocycles. The Bertz CT molecular complexity index is 275. The first-order valence-electron chi connectivity index (χ1n) is 2.87. The zero-order valence-electron chi connectivity index (χ0n) is 5.77. The van der Waals surface area contributed by atoms with Crippen LogP contribution in [-0.2, 0) is 0 Å². The molecular weight excluding hydrogens is 292 g/mol.